The van der Waals surface area contributed by atoms with Gasteiger partial charge in [-0.1, -0.05) is 224 Å². The molecule has 0 saturated heterocycles. The lowest BCUT2D eigenvalue weighted by Crippen LogP contribution is -2.29. The first-order valence-electron chi connectivity index (χ1n) is 25.8. The van der Waals surface area contributed by atoms with Gasteiger partial charge in [0, 0.05) is 19.4 Å². The molecule has 0 amide bonds. The van der Waals surface area contributed by atoms with Gasteiger partial charge in [0.05, 0.1) is 13.2 Å². The summed E-state index contributed by atoms with van der Waals surface area (Å²) in [4.78, 5) is 35.0. The topological polar surface area (TPSA) is 134 Å². The van der Waals surface area contributed by atoms with Crippen molar-refractivity contribution in [2.45, 2.75) is 264 Å². The zero-order valence-corrected chi connectivity index (χ0v) is 40.8. The highest BCUT2D eigenvalue weighted by atomic mass is 31.2. The Balaban J connectivity index is 4.00. The quantitative estimate of drug-likeness (QED) is 0.0265. The minimum Gasteiger partial charge on any atom is -0.462 e. The SMILES string of the molecule is CCCCC/C=C/C/C=C/CCCCCCCCCC(=O)OC[C@H](COP(=O)(O)OCCN)OC(=O)CCCCCCCCCCCCCCCCCCCCCCCCC. The molecule has 3 N–H and O–H groups in total. The second kappa shape index (κ2) is 48.0. The molecule has 0 rings (SSSR count). The van der Waals surface area contributed by atoms with E-state index in [-0.39, 0.29) is 38.6 Å². The van der Waals surface area contributed by atoms with E-state index in [2.05, 4.69) is 38.2 Å². The summed E-state index contributed by atoms with van der Waals surface area (Å²) in [5, 5.41) is 0. The van der Waals surface area contributed by atoms with Crippen molar-refractivity contribution in [3.8, 4) is 0 Å². The summed E-state index contributed by atoms with van der Waals surface area (Å²) in [6.45, 7) is 3.75. The third-order valence-electron chi connectivity index (χ3n) is 11.3. The molecule has 10 heteroatoms. The minimum atomic E-state index is -4.38. The standard InChI is InChI=1S/C51H98NO8P/c1-3-5-7-9-11-13-15-17-19-21-22-23-24-25-26-28-30-32-34-36-38-40-42-44-51(54)60-49(48-59-61(55,56)58-46-45-52)47-57-50(53)43-41-39-37-35-33-31-29-27-20-18-16-14-12-10-8-6-4-2/h12,14,18,20,49H,3-11,13,15-17,19,21-48,52H2,1-2H3,(H,55,56)/b14-12+,20-18+/t49-/m1/s1. The van der Waals surface area contributed by atoms with Crippen LogP contribution in [0.4, 0.5) is 0 Å². The fourth-order valence-corrected chi connectivity index (χ4v) is 8.26. The summed E-state index contributed by atoms with van der Waals surface area (Å²) >= 11 is 0. The molecule has 0 spiro atoms. The molecule has 0 fully saturated rings. The number of carbonyl (C=O) groups is 2. The minimum absolute atomic E-state index is 0.0542. The van der Waals surface area contributed by atoms with E-state index in [1.165, 1.54) is 173 Å². The van der Waals surface area contributed by atoms with Gasteiger partial charge in [0.15, 0.2) is 6.10 Å². The number of unbranched alkanes of at least 4 members (excludes halogenated alkanes) is 32. The Morgan fingerprint density at radius 2 is 0.852 bits per heavy atom. The van der Waals surface area contributed by atoms with Crippen molar-refractivity contribution in [2.75, 3.05) is 26.4 Å². The maximum absolute atomic E-state index is 12.7. The molecular formula is C51H98NO8P. The summed E-state index contributed by atoms with van der Waals surface area (Å²) in [5.41, 5.74) is 5.37. The number of ether oxygens (including phenoxy) is 2. The third-order valence-corrected chi connectivity index (χ3v) is 12.3. The molecule has 0 bridgehead atoms. The first-order chi connectivity index (χ1) is 29.8. The molecule has 9 nitrogen and oxygen atoms in total. The highest BCUT2D eigenvalue weighted by Gasteiger charge is 2.26. The fraction of sp³-hybridized carbons (Fsp3) is 0.882. The highest BCUT2D eigenvalue weighted by molar-refractivity contribution is 7.47. The van der Waals surface area contributed by atoms with Gasteiger partial charge in [-0.3, -0.25) is 18.6 Å². The number of nitrogens with two attached hydrogens (primary N) is 1. The average Bonchev–Trinajstić information content (AvgIpc) is 3.25. The summed E-state index contributed by atoms with van der Waals surface area (Å²) in [5.74, 6) is -0.824. The Labute approximate surface area is 376 Å². The predicted molar refractivity (Wildman–Crippen MR) is 257 cm³/mol. The van der Waals surface area contributed by atoms with Crippen molar-refractivity contribution in [3.63, 3.8) is 0 Å². The van der Waals surface area contributed by atoms with Gasteiger partial charge in [0.2, 0.25) is 0 Å². The number of allylic oxidation sites excluding steroid dienone is 4. The average molecular weight is 884 g/mol. The summed E-state index contributed by atoms with van der Waals surface area (Å²) in [7, 11) is -4.38. The monoisotopic (exact) mass is 884 g/mol. The van der Waals surface area contributed by atoms with Crippen LogP contribution in [0.5, 0.6) is 0 Å². The van der Waals surface area contributed by atoms with Crippen molar-refractivity contribution in [1.82, 2.24) is 0 Å². The van der Waals surface area contributed by atoms with Gasteiger partial charge < -0.3 is 20.1 Å². The molecule has 61 heavy (non-hydrogen) atoms. The van der Waals surface area contributed by atoms with Crippen molar-refractivity contribution >= 4 is 19.8 Å². The number of phosphoric acid groups is 1. The van der Waals surface area contributed by atoms with Crippen LogP contribution in [0, 0.1) is 0 Å². The van der Waals surface area contributed by atoms with Crippen LogP contribution in [0.1, 0.15) is 258 Å². The lowest BCUT2D eigenvalue weighted by Gasteiger charge is -2.19. The molecule has 0 heterocycles. The lowest BCUT2D eigenvalue weighted by molar-refractivity contribution is -0.161. The van der Waals surface area contributed by atoms with Crippen LogP contribution in [-0.2, 0) is 32.7 Å². The van der Waals surface area contributed by atoms with E-state index in [1.54, 1.807) is 0 Å². The van der Waals surface area contributed by atoms with E-state index in [0.29, 0.717) is 6.42 Å². The zero-order chi connectivity index (χ0) is 44.6. The van der Waals surface area contributed by atoms with Crippen LogP contribution < -0.4 is 5.73 Å². The fourth-order valence-electron chi connectivity index (χ4n) is 7.49. The largest absolute Gasteiger partial charge is 0.472 e. The van der Waals surface area contributed by atoms with Gasteiger partial charge in [-0.05, 0) is 44.9 Å². The molecule has 360 valence electrons. The molecule has 0 saturated carbocycles. The first kappa shape index (κ1) is 59.5. The third kappa shape index (κ3) is 47.8. The maximum atomic E-state index is 12.7. The van der Waals surface area contributed by atoms with Gasteiger partial charge in [0.1, 0.15) is 6.61 Å². The second-order valence-electron chi connectivity index (χ2n) is 17.4. The van der Waals surface area contributed by atoms with Gasteiger partial charge in [-0.25, -0.2) is 4.57 Å². The van der Waals surface area contributed by atoms with E-state index >= 15 is 0 Å². The van der Waals surface area contributed by atoms with Gasteiger partial charge in [-0.2, -0.15) is 0 Å². The molecule has 0 aliphatic carbocycles. The smallest absolute Gasteiger partial charge is 0.462 e. The van der Waals surface area contributed by atoms with Gasteiger partial charge in [0.25, 0.3) is 0 Å². The molecule has 0 aromatic rings. The molecule has 0 radical (unpaired) electrons. The first-order valence-corrected chi connectivity index (χ1v) is 27.3. The number of rotatable bonds is 49. The number of phosphoric ester groups is 1. The van der Waals surface area contributed by atoms with E-state index in [1.807, 2.05) is 0 Å². The number of esters is 2. The van der Waals surface area contributed by atoms with Crippen molar-refractivity contribution < 1.29 is 37.6 Å². The lowest BCUT2D eigenvalue weighted by atomic mass is 10.0. The Morgan fingerprint density at radius 3 is 1.28 bits per heavy atom. The molecule has 2 atom stereocenters. The molecule has 0 aliphatic heterocycles. The van der Waals surface area contributed by atoms with Crippen LogP contribution in [0.15, 0.2) is 24.3 Å². The van der Waals surface area contributed by atoms with Gasteiger partial charge in [-0.15, -0.1) is 0 Å². The van der Waals surface area contributed by atoms with Crippen LogP contribution in [0.25, 0.3) is 0 Å². The normalized spacial score (nSPS) is 13.3. The highest BCUT2D eigenvalue weighted by Crippen LogP contribution is 2.43. The number of hydrogen-bond acceptors (Lipinski definition) is 8. The molecule has 0 aliphatic rings. The van der Waals surface area contributed by atoms with E-state index in [0.717, 1.165) is 51.4 Å². The van der Waals surface area contributed by atoms with Crippen molar-refractivity contribution in [1.29, 1.82) is 0 Å². The van der Waals surface area contributed by atoms with Crippen LogP contribution in [-0.4, -0.2) is 49.3 Å². The molecule has 0 aromatic heterocycles. The Hall–Kier alpha value is -1.51. The van der Waals surface area contributed by atoms with E-state index < -0.39 is 26.5 Å². The zero-order valence-electron chi connectivity index (χ0n) is 39.9. The molecule has 1 unspecified atom stereocenters. The number of hydrogen-bond donors (Lipinski definition) is 2. The Bertz CT molecular complexity index is 1050. The molecule has 0 aromatic carbocycles. The van der Waals surface area contributed by atoms with E-state index in [4.69, 9.17) is 24.3 Å². The predicted octanol–water partition coefficient (Wildman–Crippen LogP) is 15.5. The summed E-state index contributed by atoms with van der Waals surface area (Å²) < 4.78 is 32.9. The maximum Gasteiger partial charge on any atom is 0.472 e. The summed E-state index contributed by atoms with van der Waals surface area (Å²) in [6.07, 6.45) is 53.6. The van der Waals surface area contributed by atoms with Crippen molar-refractivity contribution in [3.05, 3.63) is 24.3 Å². The second-order valence-corrected chi connectivity index (χ2v) is 18.9. The van der Waals surface area contributed by atoms with Gasteiger partial charge >= 0.3 is 19.8 Å². The van der Waals surface area contributed by atoms with Crippen LogP contribution in [0.2, 0.25) is 0 Å². The Morgan fingerprint density at radius 1 is 0.492 bits per heavy atom. The number of carbonyl (C=O) groups excluding carboxylic acids is 2. The molecular weight excluding hydrogens is 786 g/mol. The van der Waals surface area contributed by atoms with Crippen LogP contribution >= 0.6 is 7.82 Å². The van der Waals surface area contributed by atoms with Crippen molar-refractivity contribution in [2.24, 2.45) is 5.73 Å². The van der Waals surface area contributed by atoms with E-state index in [9.17, 15) is 19.0 Å². The van der Waals surface area contributed by atoms with Crippen LogP contribution in [0.3, 0.4) is 0 Å². The Kier molecular flexibility index (Phi) is 46.8. The summed E-state index contributed by atoms with van der Waals surface area (Å²) in [6, 6.07) is 0.